The molecule has 0 aliphatic rings. The summed E-state index contributed by atoms with van der Waals surface area (Å²) in [5.74, 6) is -0.452. The molecule has 1 aromatic heterocycles. The maximum absolute atomic E-state index is 11.9. The number of amides is 2. The number of carbonyl (C=O) groups excluding carboxylic acids is 3. The zero-order valence-corrected chi connectivity index (χ0v) is 14.1. The first-order valence-corrected chi connectivity index (χ1v) is 7.80. The Labute approximate surface area is 145 Å². The minimum Gasteiger partial charge on any atom is -0.467 e. The normalized spacial score (nSPS) is 11.4. The van der Waals surface area contributed by atoms with Crippen LogP contribution in [0.1, 0.15) is 25.2 Å². The van der Waals surface area contributed by atoms with E-state index in [4.69, 9.17) is 9.15 Å². The number of rotatable bonds is 7. The molecule has 2 rings (SSSR count). The minimum atomic E-state index is -0.902. The second-order valence-electron chi connectivity index (χ2n) is 5.48. The van der Waals surface area contributed by atoms with Crippen molar-refractivity contribution < 1.29 is 23.5 Å². The van der Waals surface area contributed by atoms with Crippen LogP contribution < -0.4 is 10.6 Å². The molecule has 0 bridgehead atoms. The van der Waals surface area contributed by atoms with Crippen molar-refractivity contribution >= 4 is 23.5 Å². The van der Waals surface area contributed by atoms with Crippen molar-refractivity contribution in [2.24, 2.45) is 0 Å². The molecule has 0 fully saturated rings. The quantitative estimate of drug-likeness (QED) is 0.749. The lowest BCUT2D eigenvalue weighted by Gasteiger charge is -2.13. The summed E-state index contributed by atoms with van der Waals surface area (Å²) < 4.78 is 10.2. The number of carbonyl (C=O) groups is 3. The lowest BCUT2D eigenvalue weighted by atomic mass is 10.1. The molecule has 0 saturated heterocycles. The van der Waals surface area contributed by atoms with E-state index in [0.717, 1.165) is 5.56 Å². The lowest BCUT2D eigenvalue weighted by Crippen LogP contribution is -2.35. The second kappa shape index (κ2) is 8.68. The molecule has 25 heavy (non-hydrogen) atoms. The molecule has 0 aliphatic heterocycles. The molecule has 1 aromatic carbocycles. The number of anilines is 1. The number of ether oxygens (including phenoxy) is 1. The smallest absolute Gasteiger partial charge is 0.311 e. The van der Waals surface area contributed by atoms with Crippen molar-refractivity contribution in [3.63, 3.8) is 0 Å². The Morgan fingerprint density at radius 2 is 1.88 bits per heavy atom. The molecule has 7 nitrogen and oxygen atoms in total. The van der Waals surface area contributed by atoms with Crippen molar-refractivity contribution in [1.82, 2.24) is 5.32 Å². The van der Waals surface area contributed by atoms with Crippen LogP contribution >= 0.6 is 0 Å². The van der Waals surface area contributed by atoms with Gasteiger partial charge >= 0.3 is 5.97 Å². The van der Waals surface area contributed by atoms with E-state index in [1.165, 1.54) is 20.1 Å². The van der Waals surface area contributed by atoms with E-state index < -0.39 is 18.0 Å². The Balaban J connectivity index is 1.78. The van der Waals surface area contributed by atoms with Crippen molar-refractivity contribution in [2.75, 3.05) is 5.32 Å². The molecule has 0 radical (unpaired) electrons. The van der Waals surface area contributed by atoms with Crippen LogP contribution in [-0.2, 0) is 32.1 Å². The van der Waals surface area contributed by atoms with Crippen LogP contribution in [0, 0.1) is 0 Å². The van der Waals surface area contributed by atoms with Gasteiger partial charge in [0.05, 0.1) is 19.2 Å². The first kappa shape index (κ1) is 18.3. The van der Waals surface area contributed by atoms with E-state index in [1.54, 1.807) is 36.4 Å². The Morgan fingerprint density at radius 1 is 1.16 bits per heavy atom. The largest absolute Gasteiger partial charge is 0.467 e. The lowest BCUT2D eigenvalue weighted by molar-refractivity contribution is -0.154. The zero-order valence-electron chi connectivity index (χ0n) is 14.1. The van der Waals surface area contributed by atoms with Gasteiger partial charge < -0.3 is 19.8 Å². The first-order chi connectivity index (χ1) is 11.9. The summed E-state index contributed by atoms with van der Waals surface area (Å²) in [4.78, 5) is 34.8. The predicted octanol–water partition coefficient (Wildman–Crippen LogP) is 2.03. The van der Waals surface area contributed by atoms with Crippen LogP contribution in [0.5, 0.6) is 0 Å². The highest BCUT2D eigenvalue weighted by Crippen LogP contribution is 2.11. The van der Waals surface area contributed by atoms with Crippen molar-refractivity contribution in [3.05, 3.63) is 54.0 Å². The molecule has 2 N–H and O–H groups in total. The van der Waals surface area contributed by atoms with E-state index in [-0.39, 0.29) is 18.9 Å². The standard InChI is InChI=1S/C18H20N2O5/c1-12(18(23)19-11-16-4-3-9-24-16)25-17(22)10-14-5-7-15(8-6-14)20-13(2)21/h3-9,12H,10-11H2,1-2H3,(H,19,23)(H,20,21)/t12-/m0/s1. The molecule has 1 atom stereocenters. The second-order valence-corrected chi connectivity index (χ2v) is 5.48. The summed E-state index contributed by atoms with van der Waals surface area (Å²) in [7, 11) is 0. The van der Waals surface area contributed by atoms with Crippen LogP contribution in [-0.4, -0.2) is 23.9 Å². The number of hydrogen-bond acceptors (Lipinski definition) is 5. The highest BCUT2D eigenvalue weighted by atomic mass is 16.5. The number of benzene rings is 1. The van der Waals surface area contributed by atoms with Gasteiger partial charge in [-0.15, -0.1) is 0 Å². The van der Waals surface area contributed by atoms with Crippen molar-refractivity contribution in [2.45, 2.75) is 32.9 Å². The van der Waals surface area contributed by atoms with Gasteiger partial charge in [0.25, 0.3) is 5.91 Å². The summed E-state index contributed by atoms with van der Waals surface area (Å²) in [6.07, 6.45) is 0.652. The van der Waals surface area contributed by atoms with Gasteiger partial charge in [-0.1, -0.05) is 12.1 Å². The number of furan rings is 1. The molecule has 2 aromatic rings. The Kier molecular flexibility index (Phi) is 6.33. The maximum Gasteiger partial charge on any atom is 0.311 e. The van der Waals surface area contributed by atoms with E-state index in [9.17, 15) is 14.4 Å². The summed E-state index contributed by atoms with van der Waals surface area (Å²) >= 11 is 0. The molecule has 7 heteroatoms. The third kappa shape index (κ3) is 6.14. The third-order valence-corrected chi connectivity index (χ3v) is 3.32. The fourth-order valence-corrected chi connectivity index (χ4v) is 2.10. The molecule has 0 unspecified atom stereocenters. The van der Waals surface area contributed by atoms with Gasteiger partial charge in [-0.2, -0.15) is 0 Å². The van der Waals surface area contributed by atoms with E-state index >= 15 is 0 Å². The van der Waals surface area contributed by atoms with Gasteiger partial charge in [0, 0.05) is 12.6 Å². The molecule has 2 amide bonds. The minimum absolute atomic E-state index is 0.0379. The maximum atomic E-state index is 11.9. The highest BCUT2D eigenvalue weighted by Gasteiger charge is 2.18. The molecule has 0 aliphatic carbocycles. The van der Waals surface area contributed by atoms with Gasteiger partial charge in [0.2, 0.25) is 5.91 Å². The third-order valence-electron chi connectivity index (χ3n) is 3.32. The Morgan fingerprint density at radius 3 is 2.48 bits per heavy atom. The fourth-order valence-electron chi connectivity index (χ4n) is 2.10. The van der Waals surface area contributed by atoms with Gasteiger partial charge in [0.1, 0.15) is 5.76 Å². The summed E-state index contributed by atoms with van der Waals surface area (Å²) in [5.41, 5.74) is 1.37. The summed E-state index contributed by atoms with van der Waals surface area (Å²) in [6.45, 7) is 3.16. The van der Waals surface area contributed by atoms with E-state index in [2.05, 4.69) is 10.6 Å². The average molecular weight is 344 g/mol. The van der Waals surface area contributed by atoms with Gasteiger partial charge in [-0.3, -0.25) is 14.4 Å². The molecule has 1 heterocycles. The van der Waals surface area contributed by atoms with Gasteiger partial charge in [0.15, 0.2) is 6.10 Å². The van der Waals surface area contributed by atoms with Gasteiger partial charge in [-0.05, 0) is 36.8 Å². The van der Waals surface area contributed by atoms with Crippen LogP contribution in [0.2, 0.25) is 0 Å². The Bertz CT molecular complexity index is 722. The van der Waals surface area contributed by atoms with Gasteiger partial charge in [-0.25, -0.2) is 0 Å². The average Bonchev–Trinajstić information content (AvgIpc) is 3.07. The molecule has 0 spiro atoms. The monoisotopic (exact) mass is 344 g/mol. The molecule has 0 saturated carbocycles. The SMILES string of the molecule is CC(=O)Nc1ccc(CC(=O)O[C@@H](C)C(=O)NCc2ccco2)cc1. The van der Waals surface area contributed by atoms with Crippen LogP contribution in [0.3, 0.4) is 0 Å². The predicted molar refractivity (Wildman–Crippen MR) is 90.6 cm³/mol. The highest BCUT2D eigenvalue weighted by molar-refractivity contribution is 5.88. The van der Waals surface area contributed by atoms with E-state index in [0.29, 0.717) is 11.4 Å². The zero-order chi connectivity index (χ0) is 18.2. The summed E-state index contributed by atoms with van der Waals surface area (Å²) in [6, 6.07) is 10.3. The topological polar surface area (TPSA) is 97.6 Å². The Hall–Kier alpha value is -3.09. The molecular weight excluding hydrogens is 324 g/mol. The van der Waals surface area contributed by atoms with E-state index in [1.807, 2.05) is 0 Å². The number of nitrogens with one attached hydrogen (secondary N) is 2. The summed E-state index contributed by atoms with van der Waals surface area (Å²) in [5, 5.41) is 5.27. The van der Waals surface area contributed by atoms with Crippen molar-refractivity contribution in [3.8, 4) is 0 Å². The number of esters is 1. The van der Waals surface area contributed by atoms with Crippen molar-refractivity contribution in [1.29, 1.82) is 0 Å². The first-order valence-electron chi connectivity index (χ1n) is 7.80. The molecule has 132 valence electrons. The fraction of sp³-hybridized carbons (Fsp3) is 0.278. The van der Waals surface area contributed by atoms with Crippen LogP contribution in [0.25, 0.3) is 0 Å². The molecular formula is C18H20N2O5. The van der Waals surface area contributed by atoms with Crippen LogP contribution in [0.15, 0.2) is 47.1 Å². The van der Waals surface area contributed by atoms with Crippen LogP contribution in [0.4, 0.5) is 5.69 Å². The number of hydrogen-bond donors (Lipinski definition) is 2.